The molecule has 40 heavy (non-hydrogen) atoms. The van der Waals surface area contributed by atoms with Crippen LogP contribution in [-0.2, 0) is 10.3 Å². The number of nitrogens with two attached hydrogens (primary N) is 1. The van der Waals surface area contributed by atoms with E-state index in [1.165, 1.54) is 16.6 Å². The fourth-order valence-corrected chi connectivity index (χ4v) is 6.65. The molecule has 0 bridgehead atoms. The maximum Gasteiger partial charge on any atom is 0.229 e. The molecular formula is C30H34F2N6O2. The van der Waals surface area contributed by atoms with Crippen LogP contribution < -0.4 is 11.1 Å². The molecule has 2 aliphatic rings. The number of benzene rings is 1. The number of fused-ring (bicyclic) bond motifs is 1. The predicted octanol–water partition coefficient (Wildman–Crippen LogP) is 5.43. The first-order valence-corrected chi connectivity index (χ1v) is 13.8. The Morgan fingerprint density at radius 1 is 1.10 bits per heavy atom. The van der Waals surface area contributed by atoms with E-state index in [1.807, 2.05) is 6.07 Å². The molecule has 3 heterocycles. The van der Waals surface area contributed by atoms with Gasteiger partial charge in [-0.15, -0.1) is 0 Å². The minimum Gasteiger partial charge on any atom is -0.385 e. The zero-order chi connectivity index (χ0) is 28.0. The minimum atomic E-state index is -1.19. The molecule has 2 fully saturated rings. The van der Waals surface area contributed by atoms with Gasteiger partial charge in [0.05, 0.1) is 46.6 Å². The molecule has 4 N–H and O–H groups in total. The number of nitrogens with one attached hydrogen (secondary N) is 1. The van der Waals surface area contributed by atoms with Gasteiger partial charge in [0.1, 0.15) is 11.6 Å². The van der Waals surface area contributed by atoms with Crippen LogP contribution in [-0.4, -0.2) is 43.9 Å². The number of rotatable bonds is 6. The van der Waals surface area contributed by atoms with Crippen molar-refractivity contribution in [2.75, 3.05) is 12.4 Å². The Bertz CT molecular complexity index is 1500. The Morgan fingerprint density at radius 2 is 1.85 bits per heavy atom. The number of methoxy groups -OCH3 is 1. The Morgan fingerprint density at radius 3 is 2.55 bits per heavy atom. The summed E-state index contributed by atoms with van der Waals surface area (Å²) < 4.78 is 37.8. The summed E-state index contributed by atoms with van der Waals surface area (Å²) in [5.74, 6) is -0.631. The summed E-state index contributed by atoms with van der Waals surface area (Å²) in [5, 5.41) is 18.7. The summed E-state index contributed by atoms with van der Waals surface area (Å²) in [5.41, 5.74) is 7.91. The lowest BCUT2D eigenvalue weighted by Gasteiger charge is -2.38. The van der Waals surface area contributed by atoms with Crippen LogP contribution in [0.15, 0.2) is 48.9 Å². The summed E-state index contributed by atoms with van der Waals surface area (Å²) in [6.45, 7) is 2.15. The molecule has 2 aliphatic carbocycles. The van der Waals surface area contributed by atoms with Crippen LogP contribution in [0.1, 0.15) is 62.5 Å². The maximum atomic E-state index is 15.3. The van der Waals surface area contributed by atoms with Crippen molar-refractivity contribution in [2.24, 2.45) is 11.7 Å². The molecule has 0 saturated heterocycles. The van der Waals surface area contributed by atoms with E-state index in [2.05, 4.69) is 27.3 Å². The molecule has 8 nitrogen and oxygen atoms in total. The van der Waals surface area contributed by atoms with Crippen LogP contribution in [0.5, 0.6) is 0 Å². The molecule has 4 atom stereocenters. The van der Waals surface area contributed by atoms with E-state index in [4.69, 9.17) is 10.5 Å². The number of hydrogen-bond donors (Lipinski definition) is 3. The number of hydrogen-bond acceptors (Lipinski definition) is 7. The molecule has 2 saturated carbocycles. The van der Waals surface area contributed by atoms with Crippen LogP contribution in [0.4, 0.5) is 20.4 Å². The summed E-state index contributed by atoms with van der Waals surface area (Å²) in [6.07, 6.45) is 9.50. The van der Waals surface area contributed by atoms with Gasteiger partial charge in [0.15, 0.2) is 0 Å². The van der Waals surface area contributed by atoms with E-state index in [9.17, 15) is 5.11 Å². The standard InChI is InChI=1S/C30H34F2N6O2/c1-17-11-18(12-24(33)28(17)40-2)21-7-10-34-16-26(21)36-29-35-15-20-5-6-25(37-38(20)29)27-22(31)13-19(14-23(27)32)30(39)8-3-4-9-30/h5-7,10,13-18,24,28,39H,3-4,8-9,11-12,33H2,1-2H3,(H,35,36). The van der Waals surface area contributed by atoms with Crippen molar-refractivity contribution in [3.05, 3.63) is 71.7 Å². The van der Waals surface area contributed by atoms with E-state index in [1.54, 1.807) is 37.8 Å². The van der Waals surface area contributed by atoms with Crippen molar-refractivity contribution in [1.29, 1.82) is 0 Å². The highest BCUT2D eigenvalue weighted by Gasteiger charge is 2.36. The SMILES string of the molecule is COC1C(C)CC(c2ccncc2Nc2ncc3ccc(-c4c(F)cc(C5(O)CCCC5)cc4F)nn23)CC1N. The molecule has 0 spiro atoms. The van der Waals surface area contributed by atoms with Gasteiger partial charge in [-0.1, -0.05) is 19.8 Å². The molecule has 0 radical (unpaired) electrons. The summed E-state index contributed by atoms with van der Waals surface area (Å²) >= 11 is 0. The van der Waals surface area contributed by atoms with Gasteiger partial charge in [-0.3, -0.25) is 4.98 Å². The lowest BCUT2D eigenvalue weighted by Crippen LogP contribution is -2.45. The topological polar surface area (TPSA) is 111 Å². The summed E-state index contributed by atoms with van der Waals surface area (Å²) in [6, 6.07) is 7.65. The predicted molar refractivity (Wildman–Crippen MR) is 148 cm³/mol. The van der Waals surface area contributed by atoms with Crippen LogP contribution in [0.25, 0.3) is 16.8 Å². The molecule has 210 valence electrons. The van der Waals surface area contributed by atoms with Crippen molar-refractivity contribution in [2.45, 2.75) is 69.1 Å². The molecule has 0 aliphatic heterocycles. The van der Waals surface area contributed by atoms with E-state index >= 15 is 8.78 Å². The third-order valence-electron chi connectivity index (χ3n) is 8.66. The first-order chi connectivity index (χ1) is 19.3. The summed E-state index contributed by atoms with van der Waals surface area (Å²) in [4.78, 5) is 8.79. The Labute approximate surface area is 231 Å². The first kappa shape index (κ1) is 26.7. The zero-order valence-electron chi connectivity index (χ0n) is 22.6. The number of pyridine rings is 1. The number of halogens is 2. The number of aliphatic hydroxyl groups is 1. The average Bonchev–Trinajstić information content (AvgIpc) is 3.55. The molecule has 0 amide bonds. The maximum absolute atomic E-state index is 15.3. The van der Waals surface area contributed by atoms with Gasteiger partial charge in [-0.05, 0) is 79.0 Å². The quantitative estimate of drug-likeness (QED) is 0.295. The van der Waals surface area contributed by atoms with E-state index in [-0.39, 0.29) is 34.9 Å². The van der Waals surface area contributed by atoms with E-state index in [0.29, 0.717) is 30.2 Å². The number of aromatic nitrogens is 4. The third-order valence-corrected chi connectivity index (χ3v) is 8.66. The minimum absolute atomic E-state index is 0.0179. The largest absolute Gasteiger partial charge is 0.385 e. The Balaban J connectivity index is 1.32. The first-order valence-electron chi connectivity index (χ1n) is 13.8. The van der Waals surface area contributed by atoms with Gasteiger partial charge in [0, 0.05) is 19.3 Å². The fraction of sp³-hybridized carbons (Fsp3) is 0.433. The number of ether oxygens (including phenoxy) is 1. The Kier molecular flexibility index (Phi) is 7.02. The molecular weight excluding hydrogens is 514 g/mol. The van der Waals surface area contributed by atoms with Crippen molar-refractivity contribution in [3.63, 3.8) is 0 Å². The van der Waals surface area contributed by atoms with Crippen molar-refractivity contribution in [1.82, 2.24) is 19.6 Å². The van der Waals surface area contributed by atoms with E-state index < -0.39 is 17.2 Å². The lowest BCUT2D eigenvalue weighted by atomic mass is 9.74. The average molecular weight is 549 g/mol. The van der Waals surface area contributed by atoms with Gasteiger partial charge in [-0.2, -0.15) is 9.61 Å². The van der Waals surface area contributed by atoms with Gasteiger partial charge >= 0.3 is 0 Å². The van der Waals surface area contributed by atoms with Crippen LogP contribution >= 0.6 is 0 Å². The van der Waals surface area contributed by atoms with E-state index in [0.717, 1.165) is 36.9 Å². The smallest absolute Gasteiger partial charge is 0.229 e. The second-order valence-corrected chi connectivity index (χ2v) is 11.3. The number of anilines is 2. The second kappa shape index (κ2) is 10.5. The number of imidazole rings is 1. The van der Waals surface area contributed by atoms with Gasteiger partial charge < -0.3 is 20.9 Å². The highest BCUT2D eigenvalue weighted by atomic mass is 19.1. The van der Waals surface area contributed by atoms with Gasteiger partial charge in [0.2, 0.25) is 5.95 Å². The molecule has 3 aromatic heterocycles. The monoisotopic (exact) mass is 548 g/mol. The van der Waals surface area contributed by atoms with Crippen molar-refractivity contribution < 1.29 is 18.6 Å². The zero-order valence-corrected chi connectivity index (χ0v) is 22.6. The fourth-order valence-electron chi connectivity index (χ4n) is 6.65. The Hall–Kier alpha value is -3.47. The van der Waals surface area contributed by atoms with Gasteiger partial charge in [-0.25, -0.2) is 13.8 Å². The normalized spacial score (nSPS) is 24.4. The van der Waals surface area contributed by atoms with Crippen LogP contribution in [0.2, 0.25) is 0 Å². The second-order valence-electron chi connectivity index (χ2n) is 11.3. The highest BCUT2D eigenvalue weighted by molar-refractivity contribution is 5.66. The molecule has 4 unspecified atom stereocenters. The van der Waals surface area contributed by atoms with Crippen LogP contribution in [0, 0.1) is 17.6 Å². The number of nitrogens with zero attached hydrogens (tertiary/aromatic N) is 4. The van der Waals surface area contributed by atoms with Crippen LogP contribution in [0.3, 0.4) is 0 Å². The summed E-state index contributed by atoms with van der Waals surface area (Å²) in [7, 11) is 1.70. The molecule has 6 rings (SSSR count). The third kappa shape index (κ3) is 4.74. The van der Waals surface area contributed by atoms with Crippen molar-refractivity contribution >= 4 is 17.2 Å². The molecule has 1 aromatic carbocycles. The molecule has 4 aromatic rings. The lowest BCUT2D eigenvalue weighted by molar-refractivity contribution is 0.00984. The highest BCUT2D eigenvalue weighted by Crippen LogP contribution is 2.41. The van der Waals surface area contributed by atoms with Crippen molar-refractivity contribution in [3.8, 4) is 11.3 Å². The molecule has 10 heteroatoms. The van der Waals surface area contributed by atoms with Gasteiger partial charge in [0.25, 0.3) is 0 Å².